The van der Waals surface area contributed by atoms with Crippen molar-refractivity contribution in [1.82, 2.24) is 15.2 Å². The zero-order chi connectivity index (χ0) is 24.0. The lowest BCUT2D eigenvalue weighted by Crippen LogP contribution is -2.41. The predicted molar refractivity (Wildman–Crippen MR) is 130 cm³/mol. The third-order valence-corrected chi connectivity index (χ3v) is 8.27. The lowest BCUT2D eigenvalue weighted by atomic mass is 10.1. The number of hydrogen-bond acceptors (Lipinski definition) is 6. The molecule has 0 unspecified atom stereocenters. The minimum absolute atomic E-state index is 0.145. The lowest BCUT2D eigenvalue weighted by Gasteiger charge is -2.26. The van der Waals surface area contributed by atoms with Crippen molar-refractivity contribution in [3.8, 4) is 11.1 Å². The average molecular weight is 500 g/mol. The molecule has 2 aromatic carbocycles. The molecule has 0 saturated carbocycles. The largest absolute Gasteiger partial charge is 0.379 e. The molecular formula is C24H25N3O5S2. The molecule has 3 aromatic rings. The van der Waals surface area contributed by atoms with E-state index in [4.69, 9.17) is 4.74 Å². The zero-order valence-electron chi connectivity index (χ0n) is 18.4. The molecular weight excluding hydrogens is 474 g/mol. The smallest absolute Gasteiger partial charge is 0.280 e. The van der Waals surface area contributed by atoms with Crippen LogP contribution in [0.15, 0.2) is 70.9 Å². The molecule has 2 N–H and O–H groups in total. The number of amides is 2. The van der Waals surface area contributed by atoms with Crippen LogP contribution in [0.5, 0.6) is 0 Å². The molecule has 4 rings (SSSR count). The first-order valence-electron chi connectivity index (χ1n) is 10.8. The highest BCUT2D eigenvalue weighted by Gasteiger charge is 2.26. The molecule has 178 valence electrons. The van der Waals surface area contributed by atoms with Crippen LogP contribution in [0.25, 0.3) is 11.1 Å². The first-order chi connectivity index (χ1) is 16.4. The number of ether oxygens (including phenoxy) is 1. The molecule has 0 aliphatic carbocycles. The topological polar surface area (TPSA) is 105 Å². The fourth-order valence-corrected chi connectivity index (χ4v) is 5.82. The Balaban J connectivity index is 1.28. The second kappa shape index (κ2) is 10.9. The van der Waals surface area contributed by atoms with Crippen molar-refractivity contribution in [2.45, 2.75) is 17.7 Å². The molecule has 1 fully saturated rings. The standard InChI is InChI=1S/C24H25N3O5S2/c28-22(25-26-24(29)23-21(12-17-33-23)19-4-2-1-3-5-19)11-8-18-6-9-20(10-7-18)34(30,31)27-13-15-32-16-14-27/h1-7,9-10,12,17H,8,11,13-16H2,(H,25,28)(H,26,29). The number of carbonyl (C=O) groups is 2. The molecule has 1 aromatic heterocycles. The Hall–Kier alpha value is -3.05. The van der Waals surface area contributed by atoms with Crippen molar-refractivity contribution < 1.29 is 22.7 Å². The van der Waals surface area contributed by atoms with Crippen LogP contribution in [0.1, 0.15) is 21.7 Å². The molecule has 2 amide bonds. The summed E-state index contributed by atoms with van der Waals surface area (Å²) >= 11 is 1.31. The Bertz CT molecular complexity index is 1240. The molecule has 2 heterocycles. The summed E-state index contributed by atoms with van der Waals surface area (Å²) in [5.74, 6) is -0.712. The number of benzene rings is 2. The molecule has 0 bridgehead atoms. The van der Waals surface area contributed by atoms with E-state index < -0.39 is 10.0 Å². The monoisotopic (exact) mass is 499 g/mol. The van der Waals surface area contributed by atoms with Gasteiger partial charge in [0.2, 0.25) is 15.9 Å². The van der Waals surface area contributed by atoms with Crippen molar-refractivity contribution in [2.75, 3.05) is 26.3 Å². The van der Waals surface area contributed by atoms with E-state index in [0.29, 0.717) is 37.6 Å². The number of carbonyl (C=O) groups excluding carboxylic acids is 2. The van der Waals surface area contributed by atoms with Crippen molar-refractivity contribution in [1.29, 1.82) is 0 Å². The summed E-state index contributed by atoms with van der Waals surface area (Å²) in [6, 6.07) is 18.0. The van der Waals surface area contributed by atoms with Gasteiger partial charge in [0.15, 0.2) is 0 Å². The highest BCUT2D eigenvalue weighted by Crippen LogP contribution is 2.28. The highest BCUT2D eigenvalue weighted by molar-refractivity contribution is 7.89. The van der Waals surface area contributed by atoms with Crippen LogP contribution in [0.3, 0.4) is 0 Å². The van der Waals surface area contributed by atoms with Crippen LogP contribution >= 0.6 is 11.3 Å². The Kier molecular flexibility index (Phi) is 7.73. The molecule has 10 heteroatoms. The minimum Gasteiger partial charge on any atom is -0.379 e. The second-order valence-electron chi connectivity index (χ2n) is 7.69. The summed E-state index contributed by atoms with van der Waals surface area (Å²) in [5, 5.41) is 1.84. The first-order valence-corrected chi connectivity index (χ1v) is 13.2. The van der Waals surface area contributed by atoms with Gasteiger partial charge in [-0.3, -0.25) is 20.4 Å². The van der Waals surface area contributed by atoms with Crippen LogP contribution in [0.4, 0.5) is 0 Å². The fourth-order valence-electron chi connectivity index (χ4n) is 3.60. The third kappa shape index (κ3) is 5.71. The predicted octanol–water partition coefficient (Wildman–Crippen LogP) is 2.83. The zero-order valence-corrected chi connectivity index (χ0v) is 20.0. The van der Waals surface area contributed by atoms with E-state index in [9.17, 15) is 18.0 Å². The number of hydrogen-bond donors (Lipinski definition) is 2. The fraction of sp³-hybridized carbons (Fsp3) is 0.250. The van der Waals surface area contributed by atoms with Gasteiger partial charge in [-0.25, -0.2) is 8.42 Å². The number of aryl methyl sites for hydroxylation is 1. The number of morpholine rings is 1. The maximum Gasteiger partial charge on any atom is 0.280 e. The lowest BCUT2D eigenvalue weighted by molar-refractivity contribution is -0.121. The van der Waals surface area contributed by atoms with E-state index in [1.54, 1.807) is 24.3 Å². The summed E-state index contributed by atoms with van der Waals surface area (Å²) in [5.41, 5.74) is 7.49. The number of rotatable bonds is 7. The summed E-state index contributed by atoms with van der Waals surface area (Å²) < 4.78 is 32.0. The van der Waals surface area contributed by atoms with E-state index in [0.717, 1.165) is 16.7 Å². The van der Waals surface area contributed by atoms with Crippen molar-refractivity contribution in [2.24, 2.45) is 0 Å². The maximum absolute atomic E-state index is 12.7. The van der Waals surface area contributed by atoms with Gasteiger partial charge < -0.3 is 4.74 Å². The van der Waals surface area contributed by atoms with Gasteiger partial charge in [0.25, 0.3) is 5.91 Å². The van der Waals surface area contributed by atoms with Crippen LogP contribution in [0.2, 0.25) is 0 Å². The number of nitrogens with one attached hydrogen (secondary N) is 2. The van der Waals surface area contributed by atoms with Crippen LogP contribution in [0, 0.1) is 0 Å². The highest BCUT2D eigenvalue weighted by atomic mass is 32.2. The van der Waals surface area contributed by atoms with Gasteiger partial charge in [-0.2, -0.15) is 4.31 Å². The number of nitrogens with zero attached hydrogens (tertiary/aromatic N) is 1. The number of sulfonamides is 1. The van der Waals surface area contributed by atoms with Crippen LogP contribution < -0.4 is 10.9 Å². The Morgan fingerprint density at radius 2 is 1.65 bits per heavy atom. The van der Waals surface area contributed by atoms with Crippen LogP contribution in [-0.2, 0) is 26.0 Å². The average Bonchev–Trinajstić information content (AvgIpc) is 3.37. The first kappa shape index (κ1) is 24.1. The van der Waals surface area contributed by atoms with Crippen molar-refractivity contribution in [3.63, 3.8) is 0 Å². The van der Waals surface area contributed by atoms with Gasteiger partial charge in [-0.15, -0.1) is 11.3 Å². The molecule has 0 atom stereocenters. The Morgan fingerprint density at radius 3 is 2.35 bits per heavy atom. The van der Waals surface area contributed by atoms with Crippen molar-refractivity contribution in [3.05, 3.63) is 76.5 Å². The minimum atomic E-state index is -3.55. The second-order valence-corrected chi connectivity index (χ2v) is 10.5. The van der Waals surface area contributed by atoms with E-state index >= 15 is 0 Å². The van der Waals surface area contributed by atoms with Crippen molar-refractivity contribution >= 4 is 33.2 Å². The maximum atomic E-state index is 12.7. The van der Waals surface area contributed by atoms with Gasteiger partial charge in [0.05, 0.1) is 18.1 Å². The van der Waals surface area contributed by atoms with E-state index in [1.165, 1.54) is 15.6 Å². The number of thiophene rings is 1. The summed E-state index contributed by atoms with van der Waals surface area (Å²) in [4.78, 5) is 25.5. The molecule has 1 saturated heterocycles. The summed E-state index contributed by atoms with van der Waals surface area (Å²) in [6.07, 6.45) is 0.555. The van der Waals surface area contributed by atoms with Gasteiger partial charge >= 0.3 is 0 Å². The molecule has 0 radical (unpaired) electrons. The molecule has 8 nitrogen and oxygen atoms in total. The molecule has 1 aliphatic heterocycles. The third-order valence-electron chi connectivity index (χ3n) is 5.44. The SMILES string of the molecule is O=C(CCc1ccc(S(=O)(=O)N2CCOCC2)cc1)NNC(=O)c1sccc1-c1ccccc1. The van der Waals surface area contributed by atoms with Crippen LogP contribution in [-0.4, -0.2) is 50.8 Å². The molecule has 0 spiro atoms. The van der Waals surface area contributed by atoms with E-state index in [-0.39, 0.29) is 23.1 Å². The van der Waals surface area contributed by atoms with E-state index in [1.807, 2.05) is 41.8 Å². The van der Waals surface area contributed by atoms with Gasteiger partial charge in [-0.1, -0.05) is 42.5 Å². The summed E-state index contributed by atoms with van der Waals surface area (Å²) in [6.45, 7) is 1.47. The van der Waals surface area contributed by atoms with E-state index in [2.05, 4.69) is 10.9 Å². The Morgan fingerprint density at radius 1 is 0.941 bits per heavy atom. The Labute approximate surface area is 202 Å². The molecule has 1 aliphatic rings. The quantitative estimate of drug-likeness (QED) is 0.487. The molecule has 34 heavy (non-hydrogen) atoms. The van der Waals surface area contributed by atoms with Gasteiger partial charge in [-0.05, 0) is 41.1 Å². The number of hydrazine groups is 1. The van der Waals surface area contributed by atoms with Gasteiger partial charge in [0.1, 0.15) is 4.88 Å². The normalized spacial score (nSPS) is 14.5. The van der Waals surface area contributed by atoms with Gasteiger partial charge in [0, 0.05) is 25.1 Å². The summed E-state index contributed by atoms with van der Waals surface area (Å²) in [7, 11) is -3.55.